The number of fused-ring (bicyclic) bond motifs is 9. The second kappa shape index (κ2) is 39.6. The molecule has 11 heteroatoms. The number of halogens is 5. The maximum atomic E-state index is 9.94. The summed E-state index contributed by atoms with van der Waals surface area (Å²) >= 11 is 17.2. The molecule has 4 N–H and O–H groups in total. The van der Waals surface area contributed by atoms with Crippen LogP contribution in [0.3, 0.4) is 0 Å². The summed E-state index contributed by atoms with van der Waals surface area (Å²) < 4.78 is 5.36. The quantitative estimate of drug-likeness (QED) is 0.0768. The van der Waals surface area contributed by atoms with Crippen LogP contribution in [0.15, 0.2) is 489 Å². The van der Waals surface area contributed by atoms with Gasteiger partial charge in [-0.15, -0.1) is 0 Å². The minimum atomic E-state index is -1.50. The summed E-state index contributed by atoms with van der Waals surface area (Å²) in [6.07, 6.45) is 0. The Labute approximate surface area is 804 Å². The molecule has 23 aromatic carbocycles. The van der Waals surface area contributed by atoms with Crippen molar-refractivity contribution >= 4 is 202 Å². The lowest BCUT2D eigenvalue weighted by molar-refractivity contribution is 0.425. The van der Waals surface area contributed by atoms with Gasteiger partial charge in [-0.2, -0.15) is 0 Å². The molecular formula is C120H81B2Br5O4. The molecule has 0 aliphatic heterocycles. The average molecular weight is 2010 g/mol. The molecule has 0 saturated heterocycles. The summed E-state index contributed by atoms with van der Waals surface area (Å²) in [5, 5.41) is 58.7. The maximum Gasteiger partial charge on any atom is 0.489 e. The van der Waals surface area contributed by atoms with E-state index in [9.17, 15) is 10.0 Å². The van der Waals surface area contributed by atoms with Crippen molar-refractivity contribution in [2.24, 2.45) is 0 Å². The third-order valence-electron chi connectivity index (χ3n) is 24.3. The average Bonchev–Trinajstić information content (AvgIpc) is 0.738. The zero-order valence-electron chi connectivity index (χ0n) is 70.8. The fourth-order valence-corrected chi connectivity index (χ4v) is 20.5. The number of hydrogen-bond donors (Lipinski definition) is 4. The van der Waals surface area contributed by atoms with Crippen LogP contribution in [0.25, 0.3) is 197 Å². The molecule has 23 aromatic rings. The van der Waals surface area contributed by atoms with Crippen molar-refractivity contribution in [3.05, 3.63) is 489 Å². The first-order valence-corrected chi connectivity index (χ1v) is 47.3. The zero-order chi connectivity index (χ0) is 89.4. The largest absolute Gasteiger partial charge is 0.489 e. The molecule has 626 valence electrons. The van der Waals surface area contributed by atoms with E-state index in [1.54, 1.807) is 24.3 Å². The molecule has 0 fully saturated rings. The van der Waals surface area contributed by atoms with Gasteiger partial charge in [-0.1, -0.05) is 474 Å². The molecule has 131 heavy (non-hydrogen) atoms. The summed E-state index contributed by atoms with van der Waals surface area (Å²) in [4.78, 5) is 0. The molecule has 0 spiro atoms. The van der Waals surface area contributed by atoms with Crippen LogP contribution in [0.5, 0.6) is 0 Å². The van der Waals surface area contributed by atoms with E-state index in [2.05, 4.69) is 444 Å². The summed E-state index contributed by atoms with van der Waals surface area (Å²) in [6, 6.07) is 165. The van der Waals surface area contributed by atoms with Crippen molar-refractivity contribution < 1.29 is 20.1 Å². The Morgan fingerprint density at radius 3 is 0.695 bits per heavy atom. The fourth-order valence-electron chi connectivity index (χ4n) is 18.3. The molecule has 0 unspecified atom stereocenters. The van der Waals surface area contributed by atoms with Crippen molar-refractivity contribution in [1.82, 2.24) is 0 Å². The topological polar surface area (TPSA) is 80.9 Å². The van der Waals surface area contributed by atoms with E-state index in [0.717, 1.165) is 55.0 Å². The lowest BCUT2D eigenvalue weighted by Gasteiger charge is -2.18. The summed E-state index contributed by atoms with van der Waals surface area (Å²) in [6.45, 7) is 0. The van der Waals surface area contributed by atoms with E-state index in [1.807, 2.05) is 78.9 Å². The Hall–Kier alpha value is -13.2. The molecule has 0 heterocycles. The summed E-state index contributed by atoms with van der Waals surface area (Å²) in [7, 11) is -2.87. The van der Waals surface area contributed by atoms with Gasteiger partial charge in [0.2, 0.25) is 0 Å². The molecule has 0 radical (unpaired) electrons. The highest BCUT2D eigenvalue weighted by Crippen LogP contribution is 2.48. The van der Waals surface area contributed by atoms with Crippen molar-refractivity contribution in [2.45, 2.75) is 0 Å². The Morgan fingerprint density at radius 2 is 0.382 bits per heavy atom. The van der Waals surface area contributed by atoms with Gasteiger partial charge in [-0.25, -0.2) is 0 Å². The Morgan fingerprint density at radius 1 is 0.153 bits per heavy atom. The minimum absolute atomic E-state index is 0.503. The first-order chi connectivity index (χ1) is 64.2. The molecule has 4 nitrogen and oxygen atoms in total. The Bertz CT molecular complexity index is 7940. The molecule has 0 atom stereocenters. The van der Waals surface area contributed by atoms with E-state index in [4.69, 9.17) is 10.0 Å². The van der Waals surface area contributed by atoms with E-state index in [1.165, 1.54) is 164 Å². The Balaban J connectivity index is 0.000000130. The first kappa shape index (κ1) is 87.1. The van der Waals surface area contributed by atoms with Gasteiger partial charge in [0.25, 0.3) is 0 Å². The smallest absolute Gasteiger partial charge is 0.423 e. The minimum Gasteiger partial charge on any atom is -0.423 e. The molecule has 0 amide bonds. The third kappa shape index (κ3) is 18.6. The van der Waals surface area contributed by atoms with Gasteiger partial charge < -0.3 is 20.1 Å². The van der Waals surface area contributed by atoms with Crippen molar-refractivity contribution in [2.75, 3.05) is 0 Å². The molecule has 0 saturated carbocycles. The molecule has 0 aliphatic rings. The van der Waals surface area contributed by atoms with Crippen LogP contribution in [-0.4, -0.2) is 34.3 Å². The lowest BCUT2D eigenvalue weighted by atomic mass is 9.72. The highest BCUT2D eigenvalue weighted by atomic mass is 79.9. The van der Waals surface area contributed by atoms with E-state index >= 15 is 0 Å². The van der Waals surface area contributed by atoms with Crippen LogP contribution in [0.2, 0.25) is 0 Å². The molecular weight excluding hydrogens is 1930 g/mol. The molecule has 0 aliphatic carbocycles. The van der Waals surface area contributed by atoms with Gasteiger partial charge in [0.1, 0.15) is 0 Å². The highest BCUT2D eigenvalue weighted by molar-refractivity contribution is 9.11. The summed E-state index contributed by atoms with van der Waals surface area (Å²) in [5.41, 5.74) is 23.1. The zero-order valence-corrected chi connectivity index (χ0v) is 78.7. The van der Waals surface area contributed by atoms with Crippen molar-refractivity contribution in [3.8, 4) is 100 Å². The monoisotopic (exact) mass is 2000 g/mol. The van der Waals surface area contributed by atoms with Gasteiger partial charge in [0.05, 0.1) is 0 Å². The van der Waals surface area contributed by atoms with Gasteiger partial charge in [-0.05, 0) is 281 Å². The van der Waals surface area contributed by atoms with E-state index < -0.39 is 14.2 Å². The van der Waals surface area contributed by atoms with E-state index in [-0.39, 0.29) is 0 Å². The lowest BCUT2D eigenvalue weighted by Crippen LogP contribution is -2.31. The van der Waals surface area contributed by atoms with Crippen LogP contribution in [0.1, 0.15) is 0 Å². The fraction of sp³-hybridized carbons (Fsp3) is 0. The van der Waals surface area contributed by atoms with Gasteiger partial charge in [0.15, 0.2) is 0 Å². The van der Waals surface area contributed by atoms with Crippen molar-refractivity contribution in [3.63, 3.8) is 0 Å². The predicted octanol–water partition coefficient (Wildman–Crippen LogP) is 33.0. The van der Waals surface area contributed by atoms with Gasteiger partial charge in [-0.3, -0.25) is 0 Å². The second-order valence-corrected chi connectivity index (χ2v) is 36.7. The van der Waals surface area contributed by atoms with E-state index in [0.29, 0.717) is 10.9 Å². The molecule has 23 rings (SSSR count). The van der Waals surface area contributed by atoms with Crippen LogP contribution in [0, 0.1) is 0 Å². The number of benzene rings is 23. The third-order valence-corrected chi connectivity index (χ3v) is 27.0. The van der Waals surface area contributed by atoms with Crippen molar-refractivity contribution in [1.29, 1.82) is 0 Å². The normalized spacial score (nSPS) is 11.1. The van der Waals surface area contributed by atoms with Gasteiger partial charge in [0, 0.05) is 22.4 Å². The maximum absolute atomic E-state index is 9.94. The Kier molecular flexibility index (Phi) is 26.3. The van der Waals surface area contributed by atoms with Gasteiger partial charge >= 0.3 is 14.2 Å². The molecule has 0 aromatic heterocycles. The summed E-state index contributed by atoms with van der Waals surface area (Å²) in [5.74, 6) is 0. The number of hydrogen-bond acceptors (Lipinski definition) is 4. The predicted molar refractivity (Wildman–Crippen MR) is 577 cm³/mol. The second-order valence-electron chi connectivity index (χ2n) is 32.2. The van der Waals surface area contributed by atoms with Crippen LogP contribution < -0.4 is 10.9 Å². The van der Waals surface area contributed by atoms with Crippen LogP contribution in [-0.2, 0) is 0 Å². The standard InChI is InChI=1S/C62H40.C22H14Br2.C20H15BO2.C10H6Br2.C6H6BBrO2/c1-3-17-43(18-4-1)59-50-23-9-13-27-54(50)61(55-28-14-10-24-51(55)59)45-35-31-41(32-36-45)48-39-47-21-7-8-22-49(47)58(40-48)42-33-37-46(38-34-42)62-56-29-15-11-25-52(56)60(44-19-5-2-6-20-44)53-26-12-16-30-57(53)62;23-19-9-5-15(6-10-19)18-13-17-3-1-2-4-21(17)22(14-18)16-7-11-20(24)12-8-16;22-21(23)20-17-12-6-4-10-15(17)19(14-8-2-1-3-9-14)16-11-5-7-13-18(16)20;11-8-5-7-3-1-2-4-9(7)10(12)6-8;8-6-3-1-5(2-4-6)7(9)10/h1-40H;1-14H;1-13,22-23H;1-6H;1-4,9-10H. The van der Waals surface area contributed by atoms with Crippen LogP contribution >= 0.6 is 79.6 Å². The SMILES string of the molecule is Brc1cc(Br)c2ccccc2c1.Brc1ccc(-c2cc(-c3ccc(Br)cc3)c3ccccc3c2)cc1.OB(O)c1c2ccccc2c(-c2ccccc2)c2ccccc12.OB(O)c1ccc(Br)cc1.c1ccc(-c2c3ccccc3c(-c3ccc(-c4cc(-c5ccc(-c6c7ccccc7c(-c7ccccc7)c7ccccc67)cc5)c5ccccc5c4)cc3)c3ccccc23)cc1. The number of rotatable bonds is 11. The highest BCUT2D eigenvalue weighted by Gasteiger charge is 2.24. The first-order valence-electron chi connectivity index (χ1n) is 43.3. The molecule has 0 bridgehead atoms. The van der Waals surface area contributed by atoms with Crippen LogP contribution in [0.4, 0.5) is 0 Å².